The van der Waals surface area contributed by atoms with E-state index in [1.165, 1.54) is 44.6 Å². The molecular formula is C12H20O2. The Labute approximate surface area is 86.3 Å². The smallest absolute Gasteiger partial charge is 0.330 e. The van der Waals surface area contributed by atoms with Crippen LogP contribution in [0.25, 0.3) is 0 Å². The van der Waals surface area contributed by atoms with Gasteiger partial charge in [0.05, 0.1) is 6.61 Å². The van der Waals surface area contributed by atoms with Crippen molar-refractivity contribution in [1.82, 2.24) is 0 Å². The van der Waals surface area contributed by atoms with Gasteiger partial charge in [0, 0.05) is 6.08 Å². The van der Waals surface area contributed by atoms with Crippen LogP contribution >= 0.6 is 0 Å². The van der Waals surface area contributed by atoms with E-state index in [4.69, 9.17) is 4.74 Å². The predicted molar refractivity (Wildman–Crippen MR) is 57.0 cm³/mol. The lowest BCUT2D eigenvalue weighted by Gasteiger charge is -2.01. The Morgan fingerprint density at radius 2 is 2.00 bits per heavy atom. The van der Waals surface area contributed by atoms with Crippen molar-refractivity contribution >= 4 is 5.97 Å². The summed E-state index contributed by atoms with van der Waals surface area (Å²) in [5.41, 5.74) is 0. The van der Waals surface area contributed by atoms with Crippen LogP contribution in [0.5, 0.6) is 0 Å². The van der Waals surface area contributed by atoms with Crippen LogP contribution in [0.4, 0.5) is 0 Å². The molecule has 1 saturated carbocycles. The first-order chi connectivity index (χ1) is 6.83. The van der Waals surface area contributed by atoms with E-state index >= 15 is 0 Å². The van der Waals surface area contributed by atoms with Crippen molar-refractivity contribution in [3.63, 3.8) is 0 Å². The summed E-state index contributed by atoms with van der Waals surface area (Å²) >= 11 is 0. The predicted octanol–water partition coefficient (Wildman–Crippen LogP) is 3.08. The summed E-state index contributed by atoms with van der Waals surface area (Å²) in [7, 11) is 0. The number of hydrogen-bond donors (Lipinski definition) is 0. The largest absolute Gasteiger partial charge is 0.463 e. The Morgan fingerprint density at radius 1 is 1.29 bits per heavy atom. The topological polar surface area (TPSA) is 26.3 Å². The molecule has 0 bridgehead atoms. The molecule has 0 aromatic carbocycles. The van der Waals surface area contributed by atoms with Crippen molar-refractivity contribution < 1.29 is 9.53 Å². The van der Waals surface area contributed by atoms with Crippen LogP contribution in [0.3, 0.4) is 0 Å². The second-order valence-corrected chi connectivity index (χ2v) is 4.02. The van der Waals surface area contributed by atoms with Gasteiger partial charge in [-0.3, -0.25) is 0 Å². The molecule has 1 aliphatic carbocycles. The first-order valence-electron chi connectivity index (χ1n) is 5.62. The summed E-state index contributed by atoms with van der Waals surface area (Å²) in [6, 6.07) is 0. The van der Waals surface area contributed by atoms with Crippen LogP contribution in [0.2, 0.25) is 0 Å². The molecule has 0 aliphatic heterocycles. The monoisotopic (exact) mass is 196 g/mol. The highest BCUT2D eigenvalue weighted by Crippen LogP contribution is 2.34. The van der Waals surface area contributed by atoms with E-state index in [1.54, 1.807) is 0 Å². The molecule has 0 heterocycles. The quantitative estimate of drug-likeness (QED) is 0.339. The molecule has 0 amide bonds. The fourth-order valence-electron chi connectivity index (χ4n) is 1.53. The Balaban J connectivity index is 1.74. The van der Waals surface area contributed by atoms with Gasteiger partial charge >= 0.3 is 5.97 Å². The van der Waals surface area contributed by atoms with Gasteiger partial charge in [0.1, 0.15) is 0 Å². The summed E-state index contributed by atoms with van der Waals surface area (Å²) in [4.78, 5) is 10.7. The fraction of sp³-hybridized carbons (Fsp3) is 0.750. The van der Waals surface area contributed by atoms with Gasteiger partial charge in [0.25, 0.3) is 0 Å². The van der Waals surface area contributed by atoms with Crippen LogP contribution in [0, 0.1) is 5.92 Å². The summed E-state index contributed by atoms with van der Waals surface area (Å²) in [6.45, 7) is 3.89. The number of ether oxygens (including phenoxy) is 1. The molecule has 14 heavy (non-hydrogen) atoms. The molecule has 80 valence electrons. The van der Waals surface area contributed by atoms with Crippen molar-refractivity contribution in [2.45, 2.75) is 44.9 Å². The molecule has 0 aromatic rings. The number of unbranched alkanes of at least 4 members (excludes halogenated alkanes) is 3. The molecule has 0 aromatic heterocycles. The third-order valence-electron chi connectivity index (χ3n) is 2.61. The third-order valence-corrected chi connectivity index (χ3v) is 2.61. The number of carbonyl (C=O) groups is 1. The highest BCUT2D eigenvalue weighted by Gasteiger charge is 2.19. The molecule has 1 fully saturated rings. The van der Waals surface area contributed by atoms with Crippen LogP contribution in [-0.4, -0.2) is 12.6 Å². The number of esters is 1. The maximum atomic E-state index is 10.7. The van der Waals surface area contributed by atoms with Crippen LogP contribution in [0.15, 0.2) is 12.7 Å². The minimum Gasteiger partial charge on any atom is -0.463 e. The molecule has 0 unspecified atom stereocenters. The summed E-state index contributed by atoms with van der Waals surface area (Å²) in [5.74, 6) is 0.747. The second kappa shape index (κ2) is 6.63. The normalized spacial score (nSPS) is 15.1. The molecule has 2 heteroatoms. The number of carbonyl (C=O) groups excluding carboxylic acids is 1. The molecule has 0 atom stereocenters. The van der Waals surface area contributed by atoms with Gasteiger partial charge in [-0.05, 0) is 12.3 Å². The van der Waals surface area contributed by atoms with Crippen molar-refractivity contribution in [3.8, 4) is 0 Å². The average Bonchev–Trinajstić information content (AvgIpc) is 2.99. The lowest BCUT2D eigenvalue weighted by atomic mass is 10.1. The average molecular weight is 196 g/mol. The van der Waals surface area contributed by atoms with E-state index in [9.17, 15) is 4.79 Å². The SMILES string of the molecule is C=CC(=O)OCCCCCCC1CC1. The van der Waals surface area contributed by atoms with Gasteiger partial charge in [0.15, 0.2) is 0 Å². The van der Waals surface area contributed by atoms with Crippen molar-refractivity contribution in [2.24, 2.45) is 5.92 Å². The summed E-state index contributed by atoms with van der Waals surface area (Å²) < 4.78 is 4.87. The highest BCUT2D eigenvalue weighted by molar-refractivity contribution is 5.81. The Morgan fingerprint density at radius 3 is 2.64 bits per heavy atom. The Kier molecular flexibility index (Phi) is 5.35. The standard InChI is InChI=1S/C12H20O2/c1-2-12(13)14-10-6-4-3-5-7-11-8-9-11/h2,11H,1,3-10H2. The zero-order valence-corrected chi connectivity index (χ0v) is 8.84. The van der Waals surface area contributed by atoms with Crippen molar-refractivity contribution in [2.75, 3.05) is 6.61 Å². The van der Waals surface area contributed by atoms with E-state index in [2.05, 4.69) is 6.58 Å². The van der Waals surface area contributed by atoms with Gasteiger partial charge in [-0.2, -0.15) is 0 Å². The molecule has 1 rings (SSSR count). The third kappa shape index (κ3) is 5.79. The van der Waals surface area contributed by atoms with E-state index < -0.39 is 0 Å². The maximum Gasteiger partial charge on any atom is 0.330 e. The maximum absolute atomic E-state index is 10.7. The van der Waals surface area contributed by atoms with Gasteiger partial charge in [0.2, 0.25) is 0 Å². The lowest BCUT2D eigenvalue weighted by Crippen LogP contribution is -2.01. The number of rotatable bonds is 8. The van der Waals surface area contributed by atoms with Crippen LogP contribution in [-0.2, 0) is 9.53 Å². The van der Waals surface area contributed by atoms with E-state index in [-0.39, 0.29) is 5.97 Å². The molecule has 2 nitrogen and oxygen atoms in total. The molecule has 0 spiro atoms. The lowest BCUT2D eigenvalue weighted by molar-refractivity contribution is -0.137. The summed E-state index contributed by atoms with van der Waals surface area (Å²) in [6.07, 6.45) is 10.3. The van der Waals surface area contributed by atoms with Crippen molar-refractivity contribution in [1.29, 1.82) is 0 Å². The van der Waals surface area contributed by atoms with Crippen LogP contribution in [0.1, 0.15) is 44.9 Å². The molecule has 1 aliphatic rings. The second-order valence-electron chi connectivity index (χ2n) is 4.02. The van der Waals surface area contributed by atoms with E-state index in [1.807, 2.05) is 0 Å². The minimum absolute atomic E-state index is 0.303. The minimum atomic E-state index is -0.303. The van der Waals surface area contributed by atoms with E-state index in [0.717, 1.165) is 12.3 Å². The zero-order valence-electron chi connectivity index (χ0n) is 8.84. The molecule has 0 radical (unpaired) electrons. The first-order valence-corrected chi connectivity index (χ1v) is 5.62. The van der Waals surface area contributed by atoms with Gasteiger partial charge < -0.3 is 4.74 Å². The Hall–Kier alpha value is -0.790. The molecular weight excluding hydrogens is 176 g/mol. The molecule has 0 saturated heterocycles. The van der Waals surface area contributed by atoms with Crippen LogP contribution < -0.4 is 0 Å². The summed E-state index contributed by atoms with van der Waals surface area (Å²) in [5, 5.41) is 0. The van der Waals surface area contributed by atoms with Gasteiger partial charge in [-0.25, -0.2) is 4.79 Å². The fourth-order valence-corrected chi connectivity index (χ4v) is 1.53. The van der Waals surface area contributed by atoms with Gasteiger partial charge in [-0.1, -0.05) is 45.1 Å². The number of hydrogen-bond acceptors (Lipinski definition) is 2. The first kappa shape index (κ1) is 11.3. The zero-order chi connectivity index (χ0) is 10.2. The van der Waals surface area contributed by atoms with Crippen molar-refractivity contribution in [3.05, 3.63) is 12.7 Å². The Bertz CT molecular complexity index is 183. The van der Waals surface area contributed by atoms with E-state index in [0.29, 0.717) is 6.61 Å². The molecule has 0 N–H and O–H groups in total. The highest BCUT2D eigenvalue weighted by atomic mass is 16.5. The van der Waals surface area contributed by atoms with Gasteiger partial charge in [-0.15, -0.1) is 0 Å².